The predicted octanol–water partition coefficient (Wildman–Crippen LogP) is 2.83. The van der Waals surface area contributed by atoms with E-state index in [1.807, 2.05) is 50.5 Å². The summed E-state index contributed by atoms with van der Waals surface area (Å²) in [5.41, 5.74) is 3.95. The molecule has 1 saturated carbocycles. The maximum Gasteiger partial charge on any atom is 0.277 e. The van der Waals surface area contributed by atoms with E-state index >= 15 is 0 Å². The summed E-state index contributed by atoms with van der Waals surface area (Å²) in [5, 5.41) is 19.9. The van der Waals surface area contributed by atoms with Crippen molar-refractivity contribution in [1.82, 2.24) is 29.8 Å². The van der Waals surface area contributed by atoms with Crippen LogP contribution in [0, 0.1) is 0 Å². The Bertz CT molecular complexity index is 1150. The highest BCUT2D eigenvalue weighted by Gasteiger charge is 2.28. The number of carbonyl (C=O) groups is 1. The van der Waals surface area contributed by atoms with Crippen LogP contribution in [0.15, 0.2) is 36.4 Å². The Balaban J connectivity index is 1.52. The second-order valence-corrected chi connectivity index (χ2v) is 6.94. The summed E-state index contributed by atoms with van der Waals surface area (Å²) in [6, 6.07) is 11.7. The summed E-state index contributed by atoms with van der Waals surface area (Å²) in [4.78, 5) is 12.8. The number of nitrogens with one attached hydrogen (secondary N) is 2. The average Bonchev–Trinajstić information content (AvgIpc) is 3.18. The first-order valence-corrected chi connectivity index (χ1v) is 8.93. The highest BCUT2D eigenvalue weighted by atomic mass is 16.2. The molecule has 0 aliphatic heterocycles. The molecular formula is C19H19N7O. The van der Waals surface area contributed by atoms with Crippen molar-refractivity contribution < 1.29 is 4.79 Å². The molecule has 2 N–H and O–H groups in total. The Morgan fingerprint density at radius 1 is 1.15 bits per heavy atom. The van der Waals surface area contributed by atoms with Crippen LogP contribution >= 0.6 is 0 Å². The topological polar surface area (TPSA) is 93.4 Å². The number of aromatic amines is 1. The summed E-state index contributed by atoms with van der Waals surface area (Å²) in [5.74, 6) is 0.803. The Kier molecular flexibility index (Phi) is 3.40. The summed E-state index contributed by atoms with van der Waals surface area (Å²) in [6.45, 7) is 0. The molecule has 0 unspecified atom stereocenters. The zero-order chi connectivity index (χ0) is 18.5. The highest BCUT2D eigenvalue weighted by Crippen LogP contribution is 2.40. The molecule has 0 saturated heterocycles. The molecule has 8 heteroatoms. The fourth-order valence-electron chi connectivity index (χ4n) is 3.46. The van der Waals surface area contributed by atoms with Gasteiger partial charge >= 0.3 is 0 Å². The van der Waals surface area contributed by atoms with Gasteiger partial charge in [-0.25, -0.2) is 4.68 Å². The van der Waals surface area contributed by atoms with Crippen molar-refractivity contribution in [2.45, 2.75) is 18.8 Å². The van der Waals surface area contributed by atoms with E-state index in [2.05, 4.69) is 25.7 Å². The van der Waals surface area contributed by atoms with Crippen molar-refractivity contribution in [3.63, 3.8) is 0 Å². The molecule has 136 valence electrons. The van der Waals surface area contributed by atoms with E-state index in [-0.39, 0.29) is 5.91 Å². The first-order valence-electron chi connectivity index (χ1n) is 8.93. The summed E-state index contributed by atoms with van der Waals surface area (Å²) in [7, 11) is 3.72. The molecule has 0 spiro atoms. The molecule has 3 heterocycles. The molecule has 1 amide bonds. The van der Waals surface area contributed by atoms with Gasteiger partial charge in [0, 0.05) is 31.3 Å². The quantitative estimate of drug-likeness (QED) is 0.584. The van der Waals surface area contributed by atoms with E-state index in [4.69, 9.17) is 0 Å². The molecule has 1 aliphatic carbocycles. The molecule has 0 atom stereocenters. The number of aromatic nitrogens is 6. The second-order valence-electron chi connectivity index (χ2n) is 6.94. The van der Waals surface area contributed by atoms with Gasteiger partial charge in [0.05, 0.1) is 5.39 Å². The summed E-state index contributed by atoms with van der Waals surface area (Å²) in [6.07, 6.45) is 2.33. The Morgan fingerprint density at radius 3 is 2.67 bits per heavy atom. The van der Waals surface area contributed by atoms with Crippen LogP contribution in [0.1, 0.15) is 34.9 Å². The smallest absolute Gasteiger partial charge is 0.277 e. The number of hydrogen-bond acceptors (Lipinski definition) is 4. The van der Waals surface area contributed by atoms with Gasteiger partial charge < -0.3 is 5.32 Å². The molecule has 0 radical (unpaired) electrons. The number of carbonyl (C=O) groups excluding carboxylic acids is 1. The maximum atomic E-state index is 12.8. The van der Waals surface area contributed by atoms with Crippen molar-refractivity contribution >= 4 is 22.8 Å². The Hall–Kier alpha value is -3.42. The first kappa shape index (κ1) is 15.8. The van der Waals surface area contributed by atoms with Gasteiger partial charge in [0.2, 0.25) is 0 Å². The number of amides is 1. The number of anilines is 1. The van der Waals surface area contributed by atoms with Crippen molar-refractivity contribution in [2.75, 3.05) is 5.32 Å². The minimum atomic E-state index is -0.258. The number of H-pyrrole nitrogens is 1. The third kappa shape index (κ3) is 2.61. The van der Waals surface area contributed by atoms with Crippen molar-refractivity contribution in [2.24, 2.45) is 14.1 Å². The zero-order valence-electron chi connectivity index (χ0n) is 15.1. The van der Waals surface area contributed by atoms with Crippen LogP contribution in [0.4, 0.5) is 5.82 Å². The van der Waals surface area contributed by atoms with Gasteiger partial charge in [0.25, 0.3) is 5.91 Å². The lowest BCUT2D eigenvalue weighted by Gasteiger charge is -2.02. The largest absolute Gasteiger partial charge is 0.305 e. The number of rotatable bonds is 4. The van der Waals surface area contributed by atoms with Gasteiger partial charge in [-0.2, -0.15) is 15.3 Å². The van der Waals surface area contributed by atoms with Crippen LogP contribution in [0.25, 0.3) is 22.3 Å². The average molecular weight is 361 g/mol. The number of nitrogens with zero attached hydrogens (tertiary/aromatic N) is 5. The third-order valence-electron chi connectivity index (χ3n) is 4.97. The van der Waals surface area contributed by atoms with Gasteiger partial charge in [-0.15, -0.1) is 0 Å². The van der Waals surface area contributed by atoms with Crippen LogP contribution in [-0.2, 0) is 14.1 Å². The lowest BCUT2D eigenvalue weighted by atomic mass is 10.1. The van der Waals surface area contributed by atoms with E-state index in [1.54, 1.807) is 9.36 Å². The summed E-state index contributed by atoms with van der Waals surface area (Å²) >= 11 is 0. The number of hydrogen-bond donors (Lipinski definition) is 2. The second kappa shape index (κ2) is 5.80. The van der Waals surface area contributed by atoms with Gasteiger partial charge in [0.15, 0.2) is 11.3 Å². The maximum absolute atomic E-state index is 12.8. The monoisotopic (exact) mass is 361 g/mol. The van der Waals surface area contributed by atoms with Gasteiger partial charge in [-0.1, -0.05) is 30.3 Å². The molecule has 0 bridgehead atoms. The van der Waals surface area contributed by atoms with Crippen LogP contribution in [0.2, 0.25) is 0 Å². The zero-order valence-corrected chi connectivity index (χ0v) is 15.1. The van der Waals surface area contributed by atoms with E-state index in [0.29, 0.717) is 23.1 Å². The molecule has 4 aromatic rings. The van der Waals surface area contributed by atoms with Crippen molar-refractivity contribution in [1.29, 1.82) is 0 Å². The number of benzene rings is 1. The molecular weight excluding hydrogens is 342 g/mol. The van der Waals surface area contributed by atoms with Crippen LogP contribution in [-0.4, -0.2) is 35.7 Å². The predicted molar refractivity (Wildman–Crippen MR) is 101 cm³/mol. The number of aryl methyl sites for hydroxylation is 2. The SMILES string of the molecule is Cn1nc(C(=O)Nc2[nH]nc3c2c(-c2ccccc2)nn3C)cc1C1CC1. The minimum absolute atomic E-state index is 0.258. The lowest BCUT2D eigenvalue weighted by molar-refractivity contribution is 0.102. The lowest BCUT2D eigenvalue weighted by Crippen LogP contribution is -2.13. The molecule has 1 aliphatic rings. The Labute approximate surface area is 155 Å². The van der Waals surface area contributed by atoms with Gasteiger partial charge in [-0.3, -0.25) is 14.6 Å². The van der Waals surface area contributed by atoms with E-state index in [9.17, 15) is 4.79 Å². The third-order valence-corrected chi connectivity index (χ3v) is 4.97. The summed E-state index contributed by atoms with van der Waals surface area (Å²) < 4.78 is 3.50. The molecule has 5 rings (SSSR count). The fraction of sp³-hybridized carbons (Fsp3) is 0.263. The normalized spacial score (nSPS) is 14.0. The van der Waals surface area contributed by atoms with Gasteiger partial charge in [0.1, 0.15) is 11.5 Å². The van der Waals surface area contributed by atoms with Crippen LogP contribution < -0.4 is 5.32 Å². The molecule has 1 aromatic carbocycles. The van der Waals surface area contributed by atoms with E-state index in [1.165, 1.54) is 0 Å². The van der Waals surface area contributed by atoms with E-state index < -0.39 is 0 Å². The van der Waals surface area contributed by atoms with Crippen molar-refractivity contribution in [3.8, 4) is 11.3 Å². The molecule has 8 nitrogen and oxygen atoms in total. The number of fused-ring (bicyclic) bond motifs is 1. The first-order chi connectivity index (χ1) is 13.1. The molecule has 1 fully saturated rings. The van der Waals surface area contributed by atoms with E-state index in [0.717, 1.165) is 35.2 Å². The van der Waals surface area contributed by atoms with Gasteiger partial charge in [-0.05, 0) is 18.9 Å². The highest BCUT2D eigenvalue weighted by molar-refractivity contribution is 6.09. The molecule has 3 aromatic heterocycles. The Morgan fingerprint density at radius 2 is 1.93 bits per heavy atom. The van der Waals surface area contributed by atoms with Crippen LogP contribution in [0.5, 0.6) is 0 Å². The molecule has 27 heavy (non-hydrogen) atoms. The minimum Gasteiger partial charge on any atom is -0.305 e. The van der Waals surface area contributed by atoms with Crippen molar-refractivity contribution in [3.05, 3.63) is 47.8 Å². The van der Waals surface area contributed by atoms with Crippen LogP contribution in [0.3, 0.4) is 0 Å². The standard InChI is InChI=1S/C19H19N7O/c1-25-14(11-8-9-11)10-13(23-25)19(27)20-17-15-16(12-6-4-3-5-7-12)24-26(2)18(15)22-21-17/h3-7,10-11H,8-9H2,1-2H3,(H2,20,21,22,27). The fourth-order valence-corrected chi connectivity index (χ4v) is 3.46.